The smallest absolute Gasteiger partial charge is 0.313 e. The van der Waals surface area contributed by atoms with Gasteiger partial charge in [0.25, 0.3) is 0 Å². The van der Waals surface area contributed by atoms with Gasteiger partial charge >= 0.3 is 5.69 Å². The van der Waals surface area contributed by atoms with E-state index in [2.05, 4.69) is 0 Å². The molecule has 0 heterocycles. The Morgan fingerprint density at radius 1 is 1.67 bits per heavy atom. The highest BCUT2D eigenvalue weighted by molar-refractivity contribution is 5.46. The molecule has 6 heteroatoms. The Hall–Kier alpha value is -1.69. The molecule has 1 aromatic carbocycles. The van der Waals surface area contributed by atoms with E-state index in [9.17, 15) is 14.5 Å². The van der Waals surface area contributed by atoms with Crippen LogP contribution < -0.4 is 10.5 Å². The second kappa shape index (κ2) is 4.70. The summed E-state index contributed by atoms with van der Waals surface area (Å²) in [7, 11) is 0. The molecule has 15 heavy (non-hydrogen) atoms. The van der Waals surface area contributed by atoms with Gasteiger partial charge in [0.15, 0.2) is 5.75 Å². The minimum atomic E-state index is -0.693. The monoisotopic (exact) mass is 214 g/mol. The molecule has 1 unspecified atom stereocenters. The number of ether oxygens (including phenoxy) is 1. The van der Waals surface area contributed by atoms with Crippen LogP contribution in [0.4, 0.5) is 10.1 Å². The zero-order chi connectivity index (χ0) is 11.4. The van der Waals surface area contributed by atoms with Crippen molar-refractivity contribution < 1.29 is 14.1 Å². The van der Waals surface area contributed by atoms with Gasteiger partial charge in [-0.15, -0.1) is 0 Å². The van der Waals surface area contributed by atoms with Crippen molar-refractivity contribution in [2.45, 2.75) is 13.0 Å². The molecule has 0 saturated carbocycles. The summed E-state index contributed by atoms with van der Waals surface area (Å²) in [5, 5.41) is 10.6. The molecule has 0 fully saturated rings. The van der Waals surface area contributed by atoms with Crippen LogP contribution in [0.2, 0.25) is 0 Å². The fraction of sp³-hybridized carbons (Fsp3) is 0.333. The Kier molecular flexibility index (Phi) is 3.56. The normalized spacial score (nSPS) is 12.2. The third-order valence-corrected chi connectivity index (χ3v) is 1.78. The molecule has 82 valence electrons. The zero-order valence-corrected chi connectivity index (χ0v) is 8.14. The lowest BCUT2D eigenvalue weighted by Gasteiger charge is -2.12. The SMILES string of the molecule is CC(CN)Oc1ccc(F)cc1[N+](=O)[O-]. The quantitative estimate of drug-likeness (QED) is 0.607. The third-order valence-electron chi connectivity index (χ3n) is 1.78. The molecule has 0 radical (unpaired) electrons. The van der Waals surface area contributed by atoms with Gasteiger partial charge in [-0.05, 0) is 19.1 Å². The maximum absolute atomic E-state index is 12.7. The molecule has 0 aliphatic heterocycles. The Balaban J connectivity index is 3.01. The summed E-state index contributed by atoms with van der Waals surface area (Å²) < 4.78 is 17.9. The molecule has 0 amide bonds. The van der Waals surface area contributed by atoms with Crippen molar-refractivity contribution in [3.63, 3.8) is 0 Å². The molecule has 1 rings (SSSR count). The summed E-state index contributed by atoms with van der Waals surface area (Å²) in [6.07, 6.45) is -0.353. The van der Waals surface area contributed by atoms with Crippen molar-refractivity contribution in [2.24, 2.45) is 5.73 Å². The van der Waals surface area contributed by atoms with Gasteiger partial charge in [0, 0.05) is 6.54 Å². The van der Waals surface area contributed by atoms with E-state index in [1.165, 1.54) is 6.07 Å². The van der Waals surface area contributed by atoms with E-state index in [1.54, 1.807) is 6.92 Å². The molecule has 1 atom stereocenters. The van der Waals surface area contributed by atoms with E-state index in [1.807, 2.05) is 0 Å². The number of rotatable bonds is 4. The van der Waals surface area contributed by atoms with E-state index < -0.39 is 16.4 Å². The van der Waals surface area contributed by atoms with Crippen LogP contribution in [0.15, 0.2) is 18.2 Å². The predicted molar refractivity (Wildman–Crippen MR) is 52.2 cm³/mol. The molecule has 5 nitrogen and oxygen atoms in total. The fourth-order valence-corrected chi connectivity index (χ4v) is 0.998. The van der Waals surface area contributed by atoms with Crippen LogP contribution in [-0.2, 0) is 0 Å². The first-order chi connectivity index (χ1) is 7.04. The van der Waals surface area contributed by atoms with Crippen molar-refractivity contribution in [1.29, 1.82) is 0 Å². The Bertz CT molecular complexity index is 370. The van der Waals surface area contributed by atoms with Crippen LogP contribution in [0.5, 0.6) is 5.75 Å². The molecule has 0 aliphatic carbocycles. The lowest BCUT2D eigenvalue weighted by Crippen LogP contribution is -2.23. The number of hydrogen-bond donors (Lipinski definition) is 1. The Morgan fingerprint density at radius 3 is 2.87 bits per heavy atom. The second-order valence-electron chi connectivity index (χ2n) is 3.03. The van der Waals surface area contributed by atoms with Crippen LogP contribution in [0.25, 0.3) is 0 Å². The fourth-order valence-electron chi connectivity index (χ4n) is 0.998. The van der Waals surface area contributed by atoms with Gasteiger partial charge in [0.05, 0.1) is 11.0 Å². The van der Waals surface area contributed by atoms with E-state index in [0.717, 1.165) is 12.1 Å². The van der Waals surface area contributed by atoms with Gasteiger partial charge < -0.3 is 10.5 Å². The highest BCUT2D eigenvalue weighted by atomic mass is 19.1. The maximum atomic E-state index is 12.7. The molecule has 0 aromatic heterocycles. The first-order valence-corrected chi connectivity index (χ1v) is 4.35. The molecule has 2 N–H and O–H groups in total. The van der Waals surface area contributed by atoms with Crippen molar-refractivity contribution in [3.8, 4) is 5.75 Å². The van der Waals surface area contributed by atoms with Crippen molar-refractivity contribution >= 4 is 5.69 Å². The standard InChI is InChI=1S/C9H11FN2O3/c1-6(5-11)15-9-3-2-7(10)4-8(9)12(13)14/h2-4,6H,5,11H2,1H3. The highest BCUT2D eigenvalue weighted by Crippen LogP contribution is 2.28. The Labute approximate surface area is 85.8 Å². The number of nitro benzene ring substituents is 1. The van der Waals surface area contributed by atoms with Gasteiger partial charge in [-0.3, -0.25) is 10.1 Å². The van der Waals surface area contributed by atoms with E-state index in [0.29, 0.717) is 0 Å². The lowest BCUT2D eigenvalue weighted by molar-refractivity contribution is -0.386. The van der Waals surface area contributed by atoms with Gasteiger partial charge in [0.2, 0.25) is 0 Å². The van der Waals surface area contributed by atoms with E-state index in [4.69, 9.17) is 10.5 Å². The van der Waals surface area contributed by atoms with Gasteiger partial charge in [-0.25, -0.2) is 4.39 Å². The number of nitro groups is 1. The molecule has 0 bridgehead atoms. The van der Waals surface area contributed by atoms with Crippen molar-refractivity contribution in [3.05, 3.63) is 34.1 Å². The second-order valence-corrected chi connectivity index (χ2v) is 3.03. The molecule has 0 saturated heterocycles. The van der Waals surface area contributed by atoms with Crippen molar-refractivity contribution in [2.75, 3.05) is 6.54 Å². The van der Waals surface area contributed by atoms with Crippen LogP contribution in [-0.4, -0.2) is 17.6 Å². The van der Waals surface area contributed by atoms with Crippen LogP contribution in [0.3, 0.4) is 0 Å². The number of benzene rings is 1. The molecular weight excluding hydrogens is 203 g/mol. The topological polar surface area (TPSA) is 78.4 Å². The molecular formula is C9H11FN2O3. The summed E-state index contributed by atoms with van der Waals surface area (Å²) in [6, 6.07) is 3.14. The minimum absolute atomic E-state index is 0.0272. The van der Waals surface area contributed by atoms with E-state index in [-0.39, 0.29) is 18.4 Å². The lowest BCUT2D eigenvalue weighted by atomic mass is 10.3. The Morgan fingerprint density at radius 2 is 2.33 bits per heavy atom. The summed E-state index contributed by atoms with van der Waals surface area (Å²) >= 11 is 0. The average Bonchev–Trinajstić information content (AvgIpc) is 2.20. The average molecular weight is 214 g/mol. The largest absolute Gasteiger partial charge is 0.482 e. The number of hydrogen-bond acceptors (Lipinski definition) is 4. The first-order valence-electron chi connectivity index (χ1n) is 4.35. The zero-order valence-electron chi connectivity index (χ0n) is 8.14. The van der Waals surface area contributed by atoms with Crippen LogP contribution in [0, 0.1) is 15.9 Å². The number of halogens is 1. The summed E-state index contributed by atoms with van der Waals surface area (Å²) in [5.74, 6) is -0.645. The minimum Gasteiger partial charge on any atom is -0.482 e. The summed E-state index contributed by atoms with van der Waals surface area (Å²) in [6.45, 7) is 1.90. The van der Waals surface area contributed by atoms with Gasteiger partial charge in [-0.1, -0.05) is 0 Å². The van der Waals surface area contributed by atoms with Gasteiger partial charge in [-0.2, -0.15) is 0 Å². The summed E-state index contributed by atoms with van der Waals surface area (Å²) in [4.78, 5) is 9.88. The third kappa shape index (κ3) is 2.88. The molecule has 1 aromatic rings. The van der Waals surface area contributed by atoms with Crippen LogP contribution in [0.1, 0.15) is 6.92 Å². The van der Waals surface area contributed by atoms with Gasteiger partial charge in [0.1, 0.15) is 11.9 Å². The first kappa shape index (κ1) is 11.4. The number of nitrogens with two attached hydrogens (primary N) is 1. The highest BCUT2D eigenvalue weighted by Gasteiger charge is 2.17. The van der Waals surface area contributed by atoms with Crippen molar-refractivity contribution in [1.82, 2.24) is 0 Å². The molecule has 0 aliphatic rings. The predicted octanol–water partition coefficient (Wildman–Crippen LogP) is 1.46. The maximum Gasteiger partial charge on any atom is 0.313 e. The summed E-state index contributed by atoms with van der Waals surface area (Å²) in [5.41, 5.74) is 4.91. The number of nitrogens with zero attached hydrogens (tertiary/aromatic N) is 1. The van der Waals surface area contributed by atoms with Crippen LogP contribution >= 0.6 is 0 Å². The molecule has 0 spiro atoms. The van der Waals surface area contributed by atoms with E-state index >= 15 is 0 Å².